The van der Waals surface area contributed by atoms with Crippen LogP contribution in [0, 0.1) is 6.92 Å². The van der Waals surface area contributed by atoms with E-state index in [-0.39, 0.29) is 11.9 Å². The predicted molar refractivity (Wildman–Crippen MR) is 61.3 cm³/mol. The number of nitrogen functional groups attached to an aromatic ring is 1. The summed E-state index contributed by atoms with van der Waals surface area (Å²) in [5.41, 5.74) is 7.72. The number of rotatable bonds is 1. The van der Waals surface area contributed by atoms with Crippen molar-refractivity contribution in [1.29, 1.82) is 0 Å². The van der Waals surface area contributed by atoms with Gasteiger partial charge in [0.1, 0.15) is 11.3 Å². The van der Waals surface area contributed by atoms with Gasteiger partial charge >= 0.3 is 0 Å². The van der Waals surface area contributed by atoms with Crippen molar-refractivity contribution in [3.05, 3.63) is 35.0 Å². The molecule has 0 saturated carbocycles. The number of nitrogens with zero attached hydrogens (tertiary/aromatic N) is 4. The quantitative estimate of drug-likeness (QED) is 0.786. The van der Waals surface area contributed by atoms with Crippen molar-refractivity contribution in [2.75, 3.05) is 5.73 Å². The number of anilines is 1. The molecule has 18 heavy (non-hydrogen) atoms. The van der Waals surface area contributed by atoms with Gasteiger partial charge < -0.3 is 15.2 Å². The average Bonchev–Trinajstić information content (AvgIpc) is 2.93. The largest absolute Gasteiger partial charge is 0.368 e. The van der Waals surface area contributed by atoms with Crippen molar-refractivity contribution < 1.29 is 9.32 Å². The minimum atomic E-state index is -0.120. The lowest BCUT2D eigenvalue weighted by Gasteiger charge is -2.13. The molecule has 0 saturated heterocycles. The predicted octanol–water partition coefficient (Wildman–Crippen LogP) is 0.511. The fraction of sp³-hybridized carbons (Fsp3) is 0.273. The molecule has 2 aromatic heterocycles. The average molecular weight is 245 g/mol. The lowest BCUT2D eigenvalue weighted by atomic mass is 10.2. The second-order valence-electron chi connectivity index (χ2n) is 4.16. The Balaban J connectivity index is 1.86. The third-order valence-electron chi connectivity index (χ3n) is 2.94. The third-order valence-corrected chi connectivity index (χ3v) is 2.94. The second kappa shape index (κ2) is 3.80. The third kappa shape index (κ3) is 1.60. The van der Waals surface area contributed by atoms with Crippen LogP contribution in [0.15, 0.2) is 16.9 Å². The van der Waals surface area contributed by atoms with Crippen LogP contribution in [0.1, 0.15) is 27.4 Å². The Labute approximate surface area is 103 Å². The van der Waals surface area contributed by atoms with Crippen molar-refractivity contribution in [2.24, 2.45) is 0 Å². The number of hydrogen-bond acceptors (Lipinski definition) is 6. The van der Waals surface area contributed by atoms with Crippen LogP contribution in [0.5, 0.6) is 0 Å². The van der Waals surface area contributed by atoms with E-state index in [0.717, 1.165) is 11.3 Å². The van der Waals surface area contributed by atoms with Crippen LogP contribution in [0.25, 0.3) is 0 Å². The van der Waals surface area contributed by atoms with Gasteiger partial charge in [-0.1, -0.05) is 5.16 Å². The Morgan fingerprint density at radius 3 is 3.00 bits per heavy atom. The molecule has 0 radical (unpaired) electrons. The smallest absolute Gasteiger partial charge is 0.259 e. The van der Waals surface area contributed by atoms with Crippen LogP contribution in [-0.2, 0) is 13.1 Å². The van der Waals surface area contributed by atoms with Crippen LogP contribution in [-0.4, -0.2) is 25.9 Å². The molecule has 0 bridgehead atoms. The van der Waals surface area contributed by atoms with E-state index < -0.39 is 0 Å². The van der Waals surface area contributed by atoms with E-state index in [0.29, 0.717) is 24.4 Å². The molecule has 2 N–H and O–H groups in total. The molecule has 0 atom stereocenters. The number of carbonyl (C=O) groups is 1. The van der Waals surface area contributed by atoms with E-state index in [4.69, 9.17) is 10.3 Å². The van der Waals surface area contributed by atoms with E-state index in [9.17, 15) is 4.79 Å². The molecular weight excluding hydrogens is 234 g/mol. The van der Waals surface area contributed by atoms with Crippen molar-refractivity contribution in [3.63, 3.8) is 0 Å². The highest BCUT2D eigenvalue weighted by molar-refractivity contribution is 5.95. The summed E-state index contributed by atoms with van der Waals surface area (Å²) in [6.07, 6.45) is 3.09. The Kier molecular flexibility index (Phi) is 2.26. The number of aryl methyl sites for hydroxylation is 1. The summed E-state index contributed by atoms with van der Waals surface area (Å²) in [5, 5.41) is 3.61. The highest BCUT2D eigenvalue weighted by atomic mass is 16.5. The topological polar surface area (TPSA) is 98.1 Å². The SMILES string of the molecule is Cc1oncc1C(=O)N1Cc2cnc(N)nc2C1. The first-order valence-corrected chi connectivity index (χ1v) is 5.46. The molecule has 92 valence electrons. The van der Waals surface area contributed by atoms with Gasteiger partial charge in [0.15, 0.2) is 0 Å². The molecule has 7 heteroatoms. The van der Waals surface area contributed by atoms with Crippen LogP contribution < -0.4 is 5.73 Å². The minimum Gasteiger partial charge on any atom is -0.368 e. The van der Waals surface area contributed by atoms with Gasteiger partial charge in [0.25, 0.3) is 5.91 Å². The van der Waals surface area contributed by atoms with E-state index in [1.807, 2.05) is 0 Å². The highest BCUT2D eigenvalue weighted by Crippen LogP contribution is 2.23. The molecule has 0 aromatic carbocycles. The number of aromatic nitrogens is 3. The Morgan fingerprint density at radius 1 is 1.44 bits per heavy atom. The van der Waals surface area contributed by atoms with Gasteiger partial charge in [-0.2, -0.15) is 0 Å². The summed E-state index contributed by atoms with van der Waals surface area (Å²) in [7, 11) is 0. The summed E-state index contributed by atoms with van der Waals surface area (Å²) < 4.78 is 4.90. The fourth-order valence-corrected chi connectivity index (χ4v) is 1.99. The number of amides is 1. The first-order chi connectivity index (χ1) is 8.65. The zero-order chi connectivity index (χ0) is 12.7. The number of carbonyl (C=O) groups excluding carboxylic acids is 1. The van der Waals surface area contributed by atoms with E-state index in [1.165, 1.54) is 6.20 Å². The summed E-state index contributed by atoms with van der Waals surface area (Å²) >= 11 is 0. The lowest BCUT2D eigenvalue weighted by molar-refractivity contribution is 0.0748. The Morgan fingerprint density at radius 2 is 2.28 bits per heavy atom. The molecule has 1 aliphatic heterocycles. The van der Waals surface area contributed by atoms with E-state index >= 15 is 0 Å². The zero-order valence-corrected chi connectivity index (χ0v) is 9.75. The van der Waals surface area contributed by atoms with Crippen molar-refractivity contribution >= 4 is 11.9 Å². The normalized spacial score (nSPS) is 13.7. The summed E-state index contributed by atoms with van der Waals surface area (Å²) in [4.78, 5) is 21.9. The molecule has 1 amide bonds. The molecule has 7 nitrogen and oxygen atoms in total. The number of nitrogens with two attached hydrogens (primary N) is 1. The molecule has 0 aliphatic carbocycles. The molecule has 1 aliphatic rings. The summed E-state index contributed by atoms with van der Waals surface area (Å²) in [6.45, 7) is 2.63. The van der Waals surface area contributed by atoms with Crippen LogP contribution in [0.2, 0.25) is 0 Å². The molecule has 0 unspecified atom stereocenters. The zero-order valence-electron chi connectivity index (χ0n) is 9.75. The minimum absolute atomic E-state index is 0.120. The standard InChI is InChI=1S/C11H11N5O2/c1-6-8(3-14-18-6)10(17)16-4-7-2-13-11(12)15-9(7)5-16/h2-3H,4-5H2,1H3,(H2,12,13,15). The van der Waals surface area contributed by atoms with E-state index in [2.05, 4.69) is 15.1 Å². The Hall–Kier alpha value is -2.44. The number of hydrogen-bond donors (Lipinski definition) is 1. The summed E-state index contributed by atoms with van der Waals surface area (Å²) in [5.74, 6) is 0.621. The maximum atomic E-state index is 12.2. The molecule has 2 aromatic rings. The van der Waals surface area contributed by atoms with Gasteiger partial charge in [-0.15, -0.1) is 0 Å². The molecule has 3 rings (SSSR count). The maximum Gasteiger partial charge on any atom is 0.259 e. The summed E-state index contributed by atoms with van der Waals surface area (Å²) in [6, 6.07) is 0. The first kappa shape index (κ1) is 10.7. The number of fused-ring (bicyclic) bond motifs is 1. The first-order valence-electron chi connectivity index (χ1n) is 5.46. The van der Waals surface area contributed by atoms with Crippen molar-refractivity contribution in [1.82, 2.24) is 20.0 Å². The highest BCUT2D eigenvalue weighted by Gasteiger charge is 2.27. The second-order valence-corrected chi connectivity index (χ2v) is 4.16. The molecule has 0 spiro atoms. The monoisotopic (exact) mass is 245 g/mol. The fourth-order valence-electron chi connectivity index (χ4n) is 1.99. The van der Waals surface area contributed by atoms with Crippen LogP contribution in [0.4, 0.5) is 5.95 Å². The Bertz CT molecular complexity index is 622. The van der Waals surface area contributed by atoms with Gasteiger partial charge in [-0.25, -0.2) is 9.97 Å². The maximum absolute atomic E-state index is 12.2. The van der Waals surface area contributed by atoms with E-state index in [1.54, 1.807) is 18.0 Å². The van der Waals surface area contributed by atoms with Crippen molar-refractivity contribution in [2.45, 2.75) is 20.0 Å². The van der Waals surface area contributed by atoms with Crippen LogP contribution in [0.3, 0.4) is 0 Å². The van der Waals surface area contributed by atoms with Gasteiger partial charge in [0.05, 0.1) is 18.4 Å². The van der Waals surface area contributed by atoms with Crippen LogP contribution >= 0.6 is 0 Å². The van der Waals surface area contributed by atoms with Gasteiger partial charge in [0.2, 0.25) is 5.95 Å². The van der Waals surface area contributed by atoms with Gasteiger partial charge in [0, 0.05) is 18.3 Å². The molecular formula is C11H11N5O2. The molecule has 3 heterocycles. The van der Waals surface area contributed by atoms with Gasteiger partial charge in [-0.3, -0.25) is 4.79 Å². The van der Waals surface area contributed by atoms with Crippen molar-refractivity contribution in [3.8, 4) is 0 Å². The van der Waals surface area contributed by atoms with Gasteiger partial charge in [-0.05, 0) is 6.92 Å². The molecule has 0 fully saturated rings. The lowest BCUT2D eigenvalue weighted by Crippen LogP contribution is -2.25.